The monoisotopic (exact) mass is 608 g/mol. The highest BCUT2D eigenvalue weighted by Gasteiger charge is 2.19. The molecule has 0 saturated carbocycles. The molecule has 0 aliphatic carbocycles. The van der Waals surface area contributed by atoms with E-state index in [1.807, 2.05) is 56.3 Å². The number of rotatable bonds is 11. The van der Waals surface area contributed by atoms with Crippen molar-refractivity contribution in [2.24, 2.45) is 0 Å². The van der Waals surface area contributed by atoms with Crippen LogP contribution in [-0.2, 0) is 19.8 Å². The number of halogens is 1. The largest absolute Gasteiger partial charge is 0.488 e. The standard InChI is InChI=1S/C36H37ClN4O3/c1-4-40-36(42)32-12-8-11-31(25(32)3)30-10-7-9-28(24(30)2)23-44-35-17-34(43-22-27-15-26(18-38)19-39-20-27)29(16-33(35)37)21-41-13-5-6-14-41/h7-12,15-17,19-20H,4-6,13-14,21-23H2,1-3H3,(H,40,42). The van der Waals surface area contributed by atoms with Crippen LogP contribution in [0.4, 0.5) is 0 Å². The normalized spacial score (nSPS) is 13.0. The van der Waals surface area contributed by atoms with E-state index in [1.54, 1.807) is 12.3 Å². The zero-order valence-corrected chi connectivity index (χ0v) is 26.2. The summed E-state index contributed by atoms with van der Waals surface area (Å²) in [5.41, 5.74) is 8.08. The Bertz CT molecular complexity index is 1690. The molecule has 1 fully saturated rings. The summed E-state index contributed by atoms with van der Waals surface area (Å²) < 4.78 is 12.6. The van der Waals surface area contributed by atoms with E-state index in [4.69, 9.17) is 21.1 Å². The van der Waals surface area contributed by atoms with Crippen molar-refractivity contribution < 1.29 is 14.3 Å². The number of aromatic nitrogens is 1. The van der Waals surface area contributed by atoms with E-state index in [2.05, 4.69) is 34.3 Å². The Morgan fingerprint density at radius 3 is 2.43 bits per heavy atom. The lowest BCUT2D eigenvalue weighted by Gasteiger charge is -2.20. The van der Waals surface area contributed by atoms with E-state index >= 15 is 0 Å². The van der Waals surface area contributed by atoms with Crippen molar-refractivity contribution in [2.75, 3.05) is 19.6 Å². The molecule has 1 saturated heterocycles. The van der Waals surface area contributed by atoms with Gasteiger partial charge >= 0.3 is 0 Å². The number of likely N-dealkylation sites (tertiary alicyclic amines) is 1. The van der Waals surface area contributed by atoms with Crippen LogP contribution in [0, 0.1) is 25.2 Å². The number of nitriles is 1. The van der Waals surface area contributed by atoms with E-state index < -0.39 is 0 Å². The lowest BCUT2D eigenvalue weighted by molar-refractivity contribution is 0.0955. The van der Waals surface area contributed by atoms with Gasteiger partial charge in [-0.25, -0.2) is 0 Å². The van der Waals surface area contributed by atoms with Gasteiger partial charge in [0.1, 0.15) is 30.8 Å². The van der Waals surface area contributed by atoms with Gasteiger partial charge in [0.25, 0.3) is 5.91 Å². The minimum absolute atomic E-state index is 0.0705. The Kier molecular flexibility index (Phi) is 10.2. The van der Waals surface area contributed by atoms with Gasteiger partial charge in [-0.2, -0.15) is 5.26 Å². The number of nitrogens with one attached hydrogen (secondary N) is 1. The van der Waals surface area contributed by atoms with E-state index in [9.17, 15) is 10.1 Å². The van der Waals surface area contributed by atoms with Crippen molar-refractivity contribution >= 4 is 17.5 Å². The lowest BCUT2D eigenvalue weighted by atomic mass is 9.91. The second-order valence-electron chi connectivity index (χ2n) is 11.1. The van der Waals surface area contributed by atoms with Gasteiger partial charge in [0.15, 0.2) is 0 Å². The van der Waals surface area contributed by atoms with E-state index in [0.29, 0.717) is 40.8 Å². The Labute approximate surface area is 264 Å². The SMILES string of the molecule is CCNC(=O)c1cccc(-c2cccc(COc3cc(OCc4cncc(C#N)c4)c(CN4CCCC4)cc3Cl)c2C)c1C. The zero-order chi connectivity index (χ0) is 31.1. The Morgan fingerprint density at radius 1 is 0.955 bits per heavy atom. The van der Waals surface area contributed by atoms with E-state index in [1.165, 1.54) is 19.0 Å². The lowest BCUT2D eigenvalue weighted by Crippen LogP contribution is -2.23. The number of nitrogens with zero attached hydrogens (tertiary/aromatic N) is 3. The molecule has 0 radical (unpaired) electrons. The molecule has 226 valence electrons. The van der Waals surface area contributed by atoms with Crippen molar-refractivity contribution in [2.45, 2.75) is 53.4 Å². The van der Waals surface area contributed by atoms with Crippen molar-refractivity contribution in [3.05, 3.63) is 111 Å². The van der Waals surface area contributed by atoms with Crippen molar-refractivity contribution in [3.8, 4) is 28.7 Å². The van der Waals surface area contributed by atoms with Crippen molar-refractivity contribution in [1.29, 1.82) is 5.26 Å². The fraction of sp³-hybridized carbons (Fsp3) is 0.306. The number of hydrogen-bond donors (Lipinski definition) is 1. The maximum absolute atomic E-state index is 12.6. The molecule has 1 aromatic heterocycles. The number of pyridine rings is 1. The Balaban J connectivity index is 1.39. The van der Waals surface area contributed by atoms with Crippen LogP contribution in [0.1, 0.15) is 63.5 Å². The van der Waals surface area contributed by atoms with Crippen LogP contribution < -0.4 is 14.8 Å². The van der Waals surface area contributed by atoms with Crippen LogP contribution in [0.15, 0.2) is 67.0 Å². The predicted octanol–water partition coefficient (Wildman–Crippen LogP) is 7.39. The van der Waals surface area contributed by atoms with Gasteiger partial charge in [0.2, 0.25) is 0 Å². The molecule has 0 bridgehead atoms. The maximum atomic E-state index is 12.6. The molecule has 1 aliphatic rings. The minimum Gasteiger partial charge on any atom is -0.488 e. The molecule has 3 aromatic carbocycles. The van der Waals surface area contributed by atoms with Crippen LogP contribution in [-0.4, -0.2) is 35.4 Å². The summed E-state index contributed by atoms with van der Waals surface area (Å²) in [6.45, 7) is 9.97. The first-order valence-corrected chi connectivity index (χ1v) is 15.4. The molecule has 0 atom stereocenters. The Morgan fingerprint density at radius 2 is 1.68 bits per heavy atom. The van der Waals surface area contributed by atoms with Crippen LogP contribution in [0.5, 0.6) is 11.5 Å². The number of carbonyl (C=O) groups excluding carboxylic acids is 1. The number of amides is 1. The summed E-state index contributed by atoms with van der Waals surface area (Å²) in [5.74, 6) is 1.16. The van der Waals surface area contributed by atoms with E-state index in [0.717, 1.165) is 58.6 Å². The number of benzene rings is 3. The first-order valence-electron chi connectivity index (χ1n) is 15.0. The molecule has 0 spiro atoms. The number of ether oxygens (including phenoxy) is 2. The van der Waals surface area contributed by atoms with Crippen molar-refractivity contribution in [1.82, 2.24) is 15.2 Å². The van der Waals surface area contributed by atoms with Gasteiger partial charge in [-0.3, -0.25) is 14.7 Å². The quantitative estimate of drug-likeness (QED) is 0.191. The molecule has 0 unspecified atom stereocenters. The van der Waals surface area contributed by atoms with Gasteiger partial charge in [0.05, 0.1) is 10.6 Å². The van der Waals surface area contributed by atoms with E-state index in [-0.39, 0.29) is 12.5 Å². The highest BCUT2D eigenvalue weighted by molar-refractivity contribution is 6.32. The summed E-state index contributed by atoms with van der Waals surface area (Å²) in [7, 11) is 0. The second kappa shape index (κ2) is 14.4. The number of carbonyl (C=O) groups is 1. The molecule has 8 heteroatoms. The van der Waals surface area contributed by atoms with Gasteiger partial charge in [-0.1, -0.05) is 41.9 Å². The summed E-state index contributed by atoms with van der Waals surface area (Å²) in [5, 5.41) is 12.7. The molecule has 44 heavy (non-hydrogen) atoms. The van der Waals surface area contributed by atoms with Gasteiger partial charge in [-0.15, -0.1) is 0 Å². The van der Waals surface area contributed by atoms with Crippen molar-refractivity contribution in [3.63, 3.8) is 0 Å². The molecular formula is C36H37ClN4O3. The zero-order valence-electron chi connectivity index (χ0n) is 25.5. The summed E-state index contributed by atoms with van der Waals surface area (Å²) in [6, 6.07) is 19.7. The third-order valence-electron chi connectivity index (χ3n) is 8.06. The smallest absolute Gasteiger partial charge is 0.251 e. The maximum Gasteiger partial charge on any atom is 0.251 e. The Hall–Kier alpha value is -4.38. The first kappa shape index (κ1) is 31.1. The summed E-state index contributed by atoms with van der Waals surface area (Å²) >= 11 is 6.79. The van der Waals surface area contributed by atoms with Gasteiger partial charge in [0, 0.05) is 48.2 Å². The average Bonchev–Trinajstić information content (AvgIpc) is 3.54. The molecule has 5 rings (SSSR count). The highest BCUT2D eigenvalue weighted by Crippen LogP contribution is 2.36. The van der Waals surface area contributed by atoms with Crippen LogP contribution in [0.2, 0.25) is 5.02 Å². The average molecular weight is 609 g/mol. The van der Waals surface area contributed by atoms with Crippen LogP contribution >= 0.6 is 11.6 Å². The molecule has 2 heterocycles. The molecular weight excluding hydrogens is 572 g/mol. The van der Waals surface area contributed by atoms with Gasteiger partial charge < -0.3 is 14.8 Å². The third kappa shape index (κ3) is 7.21. The fourth-order valence-electron chi connectivity index (χ4n) is 5.63. The van der Waals surface area contributed by atoms with Crippen LogP contribution in [0.25, 0.3) is 11.1 Å². The van der Waals surface area contributed by atoms with Gasteiger partial charge in [-0.05, 0) is 92.7 Å². The highest BCUT2D eigenvalue weighted by atomic mass is 35.5. The molecule has 7 nitrogen and oxygen atoms in total. The predicted molar refractivity (Wildman–Crippen MR) is 173 cm³/mol. The molecule has 1 aliphatic heterocycles. The third-order valence-corrected chi connectivity index (χ3v) is 8.36. The second-order valence-corrected chi connectivity index (χ2v) is 11.5. The summed E-state index contributed by atoms with van der Waals surface area (Å²) in [4.78, 5) is 19.2. The molecule has 1 N–H and O–H groups in total. The topological polar surface area (TPSA) is 87.5 Å². The van der Waals surface area contributed by atoms with Crippen LogP contribution in [0.3, 0.4) is 0 Å². The first-order chi connectivity index (χ1) is 21.4. The molecule has 4 aromatic rings. The summed E-state index contributed by atoms with van der Waals surface area (Å²) in [6.07, 6.45) is 5.62. The minimum atomic E-state index is -0.0705. The molecule has 1 amide bonds. The fourth-order valence-corrected chi connectivity index (χ4v) is 5.87. The number of hydrogen-bond acceptors (Lipinski definition) is 6.